The van der Waals surface area contributed by atoms with Gasteiger partial charge in [0.15, 0.2) is 11.5 Å². The van der Waals surface area contributed by atoms with Crippen molar-refractivity contribution in [2.24, 2.45) is 0 Å². The molecule has 1 N–H and O–H groups in total. The first kappa shape index (κ1) is 23.1. The third kappa shape index (κ3) is 6.06. The Labute approximate surface area is 196 Å². The van der Waals surface area contributed by atoms with Gasteiger partial charge in [-0.25, -0.2) is 0 Å². The standard InChI is InChI=1S/C27H34N2O4/c1-2-23(27(31)28-22-10-6-7-11-22)29(17-16-20-8-4-3-5-9-20)26(30)15-13-21-12-14-24-25(18-21)33-19-32-24/h3-5,8-9,12,14,18,22-23H,2,6-7,10-11,13,15-17,19H2,1H3,(H,28,31)/t23-/m1/s1. The van der Waals surface area contributed by atoms with Crippen LogP contribution in [0, 0.1) is 0 Å². The maximum atomic E-state index is 13.4. The van der Waals surface area contributed by atoms with Crippen molar-refractivity contribution in [1.82, 2.24) is 10.2 Å². The second-order valence-corrected chi connectivity index (χ2v) is 8.92. The first-order valence-corrected chi connectivity index (χ1v) is 12.2. The summed E-state index contributed by atoms with van der Waals surface area (Å²) in [6, 6.07) is 15.7. The molecule has 33 heavy (non-hydrogen) atoms. The average Bonchev–Trinajstić information content (AvgIpc) is 3.52. The first-order valence-electron chi connectivity index (χ1n) is 12.2. The highest BCUT2D eigenvalue weighted by atomic mass is 16.7. The van der Waals surface area contributed by atoms with Gasteiger partial charge in [0.2, 0.25) is 18.6 Å². The molecule has 6 nitrogen and oxygen atoms in total. The number of nitrogens with zero attached hydrogens (tertiary/aromatic N) is 1. The SMILES string of the molecule is CC[C@H](C(=O)NC1CCCC1)N(CCc1ccccc1)C(=O)CCc1ccc2c(c1)OCO2. The molecule has 2 amide bonds. The van der Waals surface area contributed by atoms with E-state index in [1.807, 2.05) is 43.3 Å². The van der Waals surface area contributed by atoms with Crippen LogP contribution in [-0.4, -0.2) is 42.1 Å². The van der Waals surface area contributed by atoms with Crippen LogP contribution in [-0.2, 0) is 22.4 Å². The lowest BCUT2D eigenvalue weighted by Gasteiger charge is -2.31. The molecule has 1 atom stereocenters. The largest absolute Gasteiger partial charge is 0.454 e. The molecular weight excluding hydrogens is 416 g/mol. The second-order valence-electron chi connectivity index (χ2n) is 8.92. The Morgan fingerprint density at radius 1 is 1.00 bits per heavy atom. The average molecular weight is 451 g/mol. The van der Waals surface area contributed by atoms with Crippen molar-refractivity contribution >= 4 is 11.8 Å². The van der Waals surface area contributed by atoms with Gasteiger partial charge in [-0.3, -0.25) is 9.59 Å². The van der Waals surface area contributed by atoms with Crippen molar-refractivity contribution in [2.45, 2.75) is 70.4 Å². The third-order valence-corrected chi connectivity index (χ3v) is 6.64. The zero-order chi connectivity index (χ0) is 23.0. The van der Waals surface area contributed by atoms with Gasteiger partial charge in [-0.15, -0.1) is 0 Å². The molecule has 0 radical (unpaired) electrons. The third-order valence-electron chi connectivity index (χ3n) is 6.64. The van der Waals surface area contributed by atoms with E-state index in [9.17, 15) is 9.59 Å². The van der Waals surface area contributed by atoms with Gasteiger partial charge < -0.3 is 19.7 Å². The smallest absolute Gasteiger partial charge is 0.243 e. The molecule has 4 rings (SSSR count). The van der Waals surface area contributed by atoms with E-state index in [0.717, 1.165) is 54.7 Å². The molecule has 0 bridgehead atoms. The maximum absolute atomic E-state index is 13.4. The van der Waals surface area contributed by atoms with Crippen LogP contribution in [0.15, 0.2) is 48.5 Å². The number of fused-ring (bicyclic) bond motifs is 1. The highest BCUT2D eigenvalue weighted by molar-refractivity contribution is 5.88. The minimum absolute atomic E-state index is 0.0111. The Kier molecular flexibility index (Phi) is 7.87. The number of rotatable bonds is 10. The predicted molar refractivity (Wildman–Crippen MR) is 127 cm³/mol. The fourth-order valence-electron chi connectivity index (χ4n) is 4.75. The number of hydrogen-bond acceptors (Lipinski definition) is 4. The number of hydrogen-bond donors (Lipinski definition) is 1. The van der Waals surface area contributed by atoms with Crippen LogP contribution in [0.1, 0.15) is 56.6 Å². The van der Waals surface area contributed by atoms with Gasteiger partial charge in [-0.2, -0.15) is 0 Å². The molecule has 0 aromatic heterocycles. The molecular formula is C27H34N2O4. The van der Waals surface area contributed by atoms with Crippen LogP contribution in [0.5, 0.6) is 11.5 Å². The molecule has 2 aromatic rings. The van der Waals surface area contributed by atoms with Gasteiger partial charge >= 0.3 is 0 Å². The van der Waals surface area contributed by atoms with E-state index in [2.05, 4.69) is 17.4 Å². The van der Waals surface area contributed by atoms with Gasteiger partial charge in [0, 0.05) is 19.0 Å². The molecule has 0 saturated heterocycles. The summed E-state index contributed by atoms with van der Waals surface area (Å²) in [5, 5.41) is 3.20. The number of ether oxygens (including phenoxy) is 2. The Balaban J connectivity index is 1.43. The van der Waals surface area contributed by atoms with E-state index in [-0.39, 0.29) is 24.6 Å². The summed E-state index contributed by atoms with van der Waals surface area (Å²) < 4.78 is 10.8. The topological polar surface area (TPSA) is 67.9 Å². The lowest BCUT2D eigenvalue weighted by molar-refractivity contribution is -0.141. The number of aryl methyl sites for hydroxylation is 1. The summed E-state index contributed by atoms with van der Waals surface area (Å²) >= 11 is 0. The molecule has 2 aliphatic rings. The molecule has 1 aliphatic carbocycles. The zero-order valence-electron chi connectivity index (χ0n) is 19.4. The number of carbonyl (C=O) groups excluding carboxylic acids is 2. The number of amides is 2. The Morgan fingerprint density at radius 2 is 1.76 bits per heavy atom. The van der Waals surface area contributed by atoms with Gasteiger partial charge in [-0.1, -0.05) is 56.2 Å². The van der Waals surface area contributed by atoms with Crippen molar-refractivity contribution in [2.75, 3.05) is 13.3 Å². The van der Waals surface area contributed by atoms with Crippen molar-refractivity contribution in [3.8, 4) is 11.5 Å². The summed E-state index contributed by atoms with van der Waals surface area (Å²) in [5.41, 5.74) is 2.19. The van der Waals surface area contributed by atoms with E-state index >= 15 is 0 Å². The number of nitrogens with one attached hydrogen (secondary N) is 1. The predicted octanol–water partition coefficient (Wildman–Crippen LogP) is 4.26. The molecule has 1 heterocycles. The summed E-state index contributed by atoms with van der Waals surface area (Å²) in [6.45, 7) is 2.75. The fraction of sp³-hybridized carbons (Fsp3) is 0.481. The summed E-state index contributed by atoms with van der Waals surface area (Å²) in [5.74, 6) is 1.46. The molecule has 2 aromatic carbocycles. The van der Waals surface area contributed by atoms with E-state index < -0.39 is 6.04 Å². The van der Waals surface area contributed by atoms with Crippen molar-refractivity contribution in [3.05, 3.63) is 59.7 Å². The van der Waals surface area contributed by atoms with E-state index in [4.69, 9.17) is 9.47 Å². The molecule has 176 valence electrons. The molecule has 1 saturated carbocycles. The van der Waals surface area contributed by atoms with Crippen LogP contribution in [0.3, 0.4) is 0 Å². The minimum Gasteiger partial charge on any atom is -0.454 e. The Bertz CT molecular complexity index is 940. The Hall–Kier alpha value is -3.02. The van der Waals surface area contributed by atoms with E-state index in [0.29, 0.717) is 25.8 Å². The van der Waals surface area contributed by atoms with Crippen molar-refractivity contribution in [1.29, 1.82) is 0 Å². The lowest BCUT2D eigenvalue weighted by Crippen LogP contribution is -2.51. The van der Waals surface area contributed by atoms with Crippen molar-refractivity contribution in [3.63, 3.8) is 0 Å². The van der Waals surface area contributed by atoms with Crippen LogP contribution in [0.25, 0.3) is 0 Å². The molecule has 0 spiro atoms. The van der Waals surface area contributed by atoms with Gasteiger partial charge in [0.05, 0.1) is 0 Å². The summed E-state index contributed by atoms with van der Waals surface area (Å²) in [6.07, 6.45) is 6.66. The van der Waals surface area contributed by atoms with Crippen LogP contribution >= 0.6 is 0 Å². The van der Waals surface area contributed by atoms with Gasteiger partial charge in [0.25, 0.3) is 0 Å². The normalized spacial score (nSPS) is 15.9. The van der Waals surface area contributed by atoms with Gasteiger partial charge in [0.1, 0.15) is 6.04 Å². The first-order chi connectivity index (χ1) is 16.1. The minimum atomic E-state index is -0.446. The number of carbonyl (C=O) groups is 2. The highest BCUT2D eigenvalue weighted by Crippen LogP contribution is 2.32. The second kappa shape index (κ2) is 11.2. The summed E-state index contributed by atoms with van der Waals surface area (Å²) in [7, 11) is 0. The Morgan fingerprint density at radius 3 is 2.52 bits per heavy atom. The zero-order valence-corrected chi connectivity index (χ0v) is 19.4. The molecule has 0 unspecified atom stereocenters. The molecule has 1 fully saturated rings. The monoisotopic (exact) mass is 450 g/mol. The van der Waals surface area contributed by atoms with E-state index in [1.54, 1.807) is 4.90 Å². The van der Waals surface area contributed by atoms with E-state index in [1.165, 1.54) is 0 Å². The van der Waals surface area contributed by atoms with Crippen LogP contribution < -0.4 is 14.8 Å². The highest BCUT2D eigenvalue weighted by Gasteiger charge is 2.30. The maximum Gasteiger partial charge on any atom is 0.243 e. The van der Waals surface area contributed by atoms with Crippen molar-refractivity contribution < 1.29 is 19.1 Å². The lowest BCUT2D eigenvalue weighted by atomic mass is 10.0. The molecule has 1 aliphatic heterocycles. The number of benzene rings is 2. The van der Waals surface area contributed by atoms with Gasteiger partial charge in [-0.05, 0) is 55.4 Å². The van der Waals surface area contributed by atoms with Crippen LogP contribution in [0.4, 0.5) is 0 Å². The summed E-state index contributed by atoms with van der Waals surface area (Å²) in [4.78, 5) is 28.4. The van der Waals surface area contributed by atoms with Crippen LogP contribution in [0.2, 0.25) is 0 Å². The molecule has 6 heteroatoms. The quantitative estimate of drug-likeness (QED) is 0.587. The fourth-order valence-corrected chi connectivity index (χ4v) is 4.75.